The van der Waals surface area contributed by atoms with Gasteiger partial charge < -0.3 is 10.6 Å². The molecule has 0 radical (unpaired) electrons. The van der Waals surface area contributed by atoms with Gasteiger partial charge in [-0.2, -0.15) is 11.8 Å². The summed E-state index contributed by atoms with van der Waals surface area (Å²) >= 11 is 1.89. The lowest BCUT2D eigenvalue weighted by Gasteiger charge is -2.29. The number of nitrogens with zero attached hydrogens (tertiary/aromatic N) is 1. The van der Waals surface area contributed by atoms with Crippen LogP contribution in [0.4, 0.5) is 0 Å². The van der Waals surface area contributed by atoms with Crippen LogP contribution in [0.15, 0.2) is 0 Å². The molecule has 0 bridgehead atoms. The fourth-order valence-corrected chi connectivity index (χ4v) is 3.27. The van der Waals surface area contributed by atoms with Gasteiger partial charge in [0.15, 0.2) is 0 Å². The van der Waals surface area contributed by atoms with Crippen LogP contribution in [-0.4, -0.2) is 41.9 Å². The smallest absolute Gasteiger partial charge is 0.222 e. The SMILES string of the molecule is CS[C@@H]1CCC[C@@H]1N(C)C(=O)CCCN. The molecule has 1 saturated carbocycles. The van der Waals surface area contributed by atoms with Gasteiger partial charge in [0.2, 0.25) is 5.91 Å². The molecule has 1 fully saturated rings. The Balaban J connectivity index is 2.44. The fourth-order valence-electron chi connectivity index (χ4n) is 2.24. The number of hydrogen-bond donors (Lipinski definition) is 1. The largest absolute Gasteiger partial charge is 0.342 e. The molecule has 1 aliphatic carbocycles. The van der Waals surface area contributed by atoms with Gasteiger partial charge in [-0.05, 0) is 32.1 Å². The predicted octanol–water partition coefficient (Wildman–Crippen LogP) is 1.47. The van der Waals surface area contributed by atoms with E-state index in [9.17, 15) is 4.79 Å². The highest BCUT2D eigenvalue weighted by Crippen LogP contribution is 2.31. The first-order valence-electron chi connectivity index (χ1n) is 5.69. The summed E-state index contributed by atoms with van der Waals surface area (Å²) < 4.78 is 0. The molecular weight excluding hydrogens is 208 g/mol. The third-order valence-electron chi connectivity index (χ3n) is 3.21. The normalized spacial score (nSPS) is 25.5. The summed E-state index contributed by atoms with van der Waals surface area (Å²) in [4.78, 5) is 13.8. The van der Waals surface area contributed by atoms with E-state index >= 15 is 0 Å². The van der Waals surface area contributed by atoms with Gasteiger partial charge >= 0.3 is 0 Å². The molecule has 0 aromatic heterocycles. The van der Waals surface area contributed by atoms with Crippen molar-refractivity contribution in [3.63, 3.8) is 0 Å². The van der Waals surface area contributed by atoms with E-state index in [-0.39, 0.29) is 5.91 Å². The number of carbonyl (C=O) groups excluding carboxylic acids is 1. The van der Waals surface area contributed by atoms with Crippen molar-refractivity contribution in [3.8, 4) is 0 Å². The first kappa shape index (κ1) is 12.8. The molecule has 0 heterocycles. The Morgan fingerprint density at radius 2 is 2.27 bits per heavy atom. The monoisotopic (exact) mass is 230 g/mol. The van der Waals surface area contributed by atoms with Crippen LogP contribution in [0.25, 0.3) is 0 Å². The van der Waals surface area contributed by atoms with Crippen LogP contribution in [0.3, 0.4) is 0 Å². The molecule has 1 rings (SSSR count). The van der Waals surface area contributed by atoms with E-state index in [2.05, 4.69) is 6.26 Å². The van der Waals surface area contributed by atoms with E-state index in [1.165, 1.54) is 12.8 Å². The first-order chi connectivity index (χ1) is 7.20. The molecule has 1 aliphatic rings. The molecule has 0 spiro atoms. The molecule has 0 aromatic carbocycles. The molecule has 2 atom stereocenters. The Morgan fingerprint density at radius 1 is 1.53 bits per heavy atom. The van der Waals surface area contributed by atoms with Gasteiger partial charge in [-0.1, -0.05) is 6.42 Å². The lowest BCUT2D eigenvalue weighted by atomic mass is 10.2. The maximum Gasteiger partial charge on any atom is 0.222 e. The number of rotatable bonds is 5. The second-order valence-electron chi connectivity index (χ2n) is 4.17. The van der Waals surface area contributed by atoms with E-state index < -0.39 is 0 Å². The van der Waals surface area contributed by atoms with E-state index in [4.69, 9.17) is 5.73 Å². The number of nitrogens with two attached hydrogens (primary N) is 1. The molecule has 0 unspecified atom stereocenters. The zero-order chi connectivity index (χ0) is 11.3. The summed E-state index contributed by atoms with van der Waals surface area (Å²) in [5.41, 5.74) is 5.41. The summed E-state index contributed by atoms with van der Waals surface area (Å²) in [7, 11) is 1.94. The van der Waals surface area contributed by atoms with Crippen LogP contribution in [0.1, 0.15) is 32.1 Å². The van der Waals surface area contributed by atoms with Crippen LogP contribution < -0.4 is 5.73 Å². The van der Waals surface area contributed by atoms with Gasteiger partial charge in [0.05, 0.1) is 0 Å². The molecule has 0 aliphatic heterocycles. The van der Waals surface area contributed by atoms with Gasteiger partial charge in [-0.3, -0.25) is 4.79 Å². The predicted molar refractivity (Wildman–Crippen MR) is 66.0 cm³/mol. The van der Waals surface area contributed by atoms with Crippen molar-refractivity contribution in [2.24, 2.45) is 5.73 Å². The molecule has 3 nitrogen and oxygen atoms in total. The van der Waals surface area contributed by atoms with Gasteiger partial charge in [0.1, 0.15) is 0 Å². The quantitative estimate of drug-likeness (QED) is 0.778. The third-order valence-corrected chi connectivity index (χ3v) is 4.36. The van der Waals surface area contributed by atoms with Crippen molar-refractivity contribution < 1.29 is 4.79 Å². The van der Waals surface area contributed by atoms with Gasteiger partial charge in [-0.25, -0.2) is 0 Å². The van der Waals surface area contributed by atoms with Crippen LogP contribution >= 0.6 is 11.8 Å². The van der Waals surface area contributed by atoms with E-state index in [1.54, 1.807) is 0 Å². The second-order valence-corrected chi connectivity index (χ2v) is 5.25. The fraction of sp³-hybridized carbons (Fsp3) is 0.909. The summed E-state index contributed by atoms with van der Waals surface area (Å²) in [5.74, 6) is 0.256. The van der Waals surface area contributed by atoms with Gasteiger partial charge in [0, 0.05) is 24.8 Å². The Morgan fingerprint density at radius 3 is 2.87 bits per heavy atom. The van der Waals surface area contributed by atoms with E-state index in [0.717, 1.165) is 12.8 Å². The van der Waals surface area contributed by atoms with Crippen molar-refractivity contribution in [1.82, 2.24) is 4.90 Å². The maximum absolute atomic E-state index is 11.8. The zero-order valence-electron chi connectivity index (χ0n) is 9.74. The summed E-state index contributed by atoms with van der Waals surface area (Å²) in [6, 6.07) is 0.449. The minimum absolute atomic E-state index is 0.256. The number of carbonyl (C=O) groups is 1. The lowest BCUT2D eigenvalue weighted by Crippen LogP contribution is -2.40. The minimum atomic E-state index is 0.256. The molecule has 2 N–H and O–H groups in total. The number of hydrogen-bond acceptors (Lipinski definition) is 3. The average Bonchev–Trinajstić information content (AvgIpc) is 2.72. The maximum atomic E-state index is 11.8. The Hall–Kier alpha value is -0.220. The molecule has 15 heavy (non-hydrogen) atoms. The average molecular weight is 230 g/mol. The highest BCUT2D eigenvalue weighted by Gasteiger charge is 2.31. The highest BCUT2D eigenvalue weighted by molar-refractivity contribution is 7.99. The summed E-state index contributed by atoms with van der Waals surface area (Å²) in [6.45, 7) is 0.607. The molecule has 0 aromatic rings. The Kier molecular flexibility index (Phi) is 5.47. The molecule has 0 saturated heterocycles. The zero-order valence-corrected chi connectivity index (χ0v) is 10.6. The van der Waals surface area contributed by atoms with Crippen molar-refractivity contribution >= 4 is 17.7 Å². The molecule has 1 amide bonds. The van der Waals surface area contributed by atoms with Crippen LogP contribution in [0.2, 0.25) is 0 Å². The molecule has 4 heteroatoms. The topological polar surface area (TPSA) is 46.3 Å². The van der Waals surface area contributed by atoms with Crippen LogP contribution in [0, 0.1) is 0 Å². The first-order valence-corrected chi connectivity index (χ1v) is 6.98. The third kappa shape index (κ3) is 3.38. The van der Waals surface area contributed by atoms with Crippen molar-refractivity contribution in [3.05, 3.63) is 0 Å². The van der Waals surface area contributed by atoms with Gasteiger partial charge in [-0.15, -0.1) is 0 Å². The number of thioether (sulfide) groups is 1. The van der Waals surface area contributed by atoms with Crippen LogP contribution in [0.5, 0.6) is 0 Å². The van der Waals surface area contributed by atoms with Crippen molar-refractivity contribution in [2.75, 3.05) is 19.8 Å². The van der Waals surface area contributed by atoms with E-state index in [0.29, 0.717) is 24.3 Å². The highest BCUT2D eigenvalue weighted by atomic mass is 32.2. The molecule has 88 valence electrons. The van der Waals surface area contributed by atoms with Crippen molar-refractivity contribution in [2.45, 2.75) is 43.4 Å². The Bertz CT molecular complexity index is 211. The van der Waals surface area contributed by atoms with Gasteiger partial charge in [0.25, 0.3) is 0 Å². The summed E-state index contributed by atoms with van der Waals surface area (Å²) in [5, 5.41) is 0.636. The van der Waals surface area contributed by atoms with Crippen LogP contribution in [-0.2, 0) is 4.79 Å². The Labute approximate surface area is 96.8 Å². The molecular formula is C11H22N2OS. The summed E-state index contributed by atoms with van der Waals surface area (Å²) in [6.07, 6.45) is 7.22. The second kappa shape index (κ2) is 6.38. The number of amides is 1. The lowest BCUT2D eigenvalue weighted by molar-refractivity contribution is -0.131. The standard InChI is InChI=1S/C11H22N2OS/c1-13(11(14)7-4-8-12)9-5-3-6-10(9)15-2/h9-10H,3-8,12H2,1-2H3/t9-,10+/m0/s1. The van der Waals surface area contributed by atoms with E-state index in [1.807, 2.05) is 23.7 Å². The van der Waals surface area contributed by atoms with Crippen molar-refractivity contribution in [1.29, 1.82) is 0 Å². The minimum Gasteiger partial charge on any atom is -0.342 e.